The van der Waals surface area contributed by atoms with Crippen molar-refractivity contribution in [2.75, 3.05) is 5.73 Å². The summed E-state index contributed by atoms with van der Waals surface area (Å²) in [5, 5.41) is 5.84. The van der Waals surface area contributed by atoms with Gasteiger partial charge in [0.1, 0.15) is 5.03 Å². The number of hydrogen-bond acceptors (Lipinski definition) is 5. The molecule has 19 heavy (non-hydrogen) atoms. The zero-order valence-corrected chi connectivity index (χ0v) is 12.8. The fraction of sp³-hybridized carbons (Fsp3) is 0. The third-order valence-electron chi connectivity index (χ3n) is 2.21. The number of nitrogens with zero attached hydrogens (tertiary/aromatic N) is 1. The van der Waals surface area contributed by atoms with Gasteiger partial charge in [-0.3, -0.25) is 0 Å². The summed E-state index contributed by atoms with van der Waals surface area (Å²) in [6.07, 6.45) is 1.63. The Kier molecular flexibility index (Phi) is 4.14. The van der Waals surface area contributed by atoms with E-state index in [1.54, 1.807) is 24.4 Å². The summed E-state index contributed by atoms with van der Waals surface area (Å²) in [6, 6.07) is 8.17. The maximum atomic E-state index is 11.6. The average molecular weight is 360 g/mol. The van der Waals surface area contributed by atoms with Crippen LogP contribution in [0, 0.1) is 0 Å². The van der Waals surface area contributed by atoms with Crippen LogP contribution in [0.4, 0.5) is 5.69 Å². The van der Waals surface area contributed by atoms with Crippen LogP contribution in [0.15, 0.2) is 55.8 Å². The SMILES string of the molecule is Nc1ccc(Sc2ncccc2Br)c(S(N)(=O)=O)c1. The van der Waals surface area contributed by atoms with E-state index in [4.69, 9.17) is 10.9 Å². The largest absolute Gasteiger partial charge is 0.399 e. The van der Waals surface area contributed by atoms with Gasteiger partial charge < -0.3 is 5.73 Å². The molecule has 100 valence electrons. The lowest BCUT2D eigenvalue weighted by molar-refractivity contribution is 0.596. The van der Waals surface area contributed by atoms with E-state index in [9.17, 15) is 8.42 Å². The molecule has 1 aromatic carbocycles. The number of rotatable bonds is 3. The van der Waals surface area contributed by atoms with E-state index in [0.717, 1.165) is 4.47 Å². The number of benzene rings is 1. The van der Waals surface area contributed by atoms with Crippen molar-refractivity contribution in [3.63, 3.8) is 0 Å². The topological polar surface area (TPSA) is 99.1 Å². The molecule has 0 aliphatic rings. The normalized spacial score (nSPS) is 11.5. The summed E-state index contributed by atoms with van der Waals surface area (Å²) in [7, 11) is -3.83. The molecule has 0 atom stereocenters. The number of hydrogen-bond donors (Lipinski definition) is 2. The van der Waals surface area contributed by atoms with Crippen LogP contribution >= 0.6 is 27.7 Å². The molecule has 0 unspecified atom stereocenters. The van der Waals surface area contributed by atoms with E-state index in [2.05, 4.69) is 20.9 Å². The van der Waals surface area contributed by atoms with E-state index in [-0.39, 0.29) is 4.90 Å². The van der Waals surface area contributed by atoms with E-state index in [0.29, 0.717) is 15.6 Å². The predicted octanol–water partition coefficient (Wildman–Crippen LogP) is 2.22. The first-order chi connectivity index (χ1) is 8.88. The number of anilines is 1. The summed E-state index contributed by atoms with van der Waals surface area (Å²) < 4.78 is 23.9. The molecule has 5 nitrogen and oxygen atoms in total. The molecule has 4 N–H and O–H groups in total. The molecule has 1 aromatic heterocycles. The third kappa shape index (κ3) is 3.47. The summed E-state index contributed by atoms with van der Waals surface area (Å²) in [4.78, 5) is 4.65. The Hall–Kier alpha value is -1.09. The lowest BCUT2D eigenvalue weighted by Gasteiger charge is -2.08. The van der Waals surface area contributed by atoms with Gasteiger partial charge in [-0.1, -0.05) is 11.8 Å². The summed E-state index contributed by atoms with van der Waals surface area (Å²) in [6.45, 7) is 0. The zero-order chi connectivity index (χ0) is 14.0. The van der Waals surface area contributed by atoms with Crippen LogP contribution in [0.1, 0.15) is 0 Å². The second kappa shape index (κ2) is 5.49. The Morgan fingerprint density at radius 3 is 2.63 bits per heavy atom. The van der Waals surface area contributed by atoms with Crippen molar-refractivity contribution < 1.29 is 8.42 Å². The van der Waals surface area contributed by atoms with Gasteiger partial charge in [-0.25, -0.2) is 18.5 Å². The molecule has 0 amide bonds. The minimum Gasteiger partial charge on any atom is -0.399 e. The quantitative estimate of drug-likeness (QED) is 0.818. The summed E-state index contributed by atoms with van der Waals surface area (Å²) in [5.74, 6) is 0. The monoisotopic (exact) mass is 359 g/mol. The molecule has 1 heterocycles. The van der Waals surface area contributed by atoms with Gasteiger partial charge in [0.15, 0.2) is 0 Å². The van der Waals surface area contributed by atoms with Crippen molar-refractivity contribution in [2.45, 2.75) is 14.8 Å². The van der Waals surface area contributed by atoms with E-state index < -0.39 is 10.0 Å². The van der Waals surface area contributed by atoms with Crippen LogP contribution in [-0.2, 0) is 10.0 Å². The number of primary sulfonamides is 1. The maximum absolute atomic E-state index is 11.6. The first kappa shape index (κ1) is 14.3. The second-order valence-electron chi connectivity index (χ2n) is 3.64. The molecule has 0 saturated heterocycles. The van der Waals surface area contributed by atoms with Gasteiger partial charge in [0.2, 0.25) is 10.0 Å². The number of sulfonamides is 1. The van der Waals surface area contributed by atoms with Crippen molar-refractivity contribution in [1.82, 2.24) is 4.98 Å². The summed E-state index contributed by atoms with van der Waals surface area (Å²) in [5.41, 5.74) is 5.93. The number of nitrogens with two attached hydrogens (primary N) is 2. The minimum atomic E-state index is -3.83. The van der Waals surface area contributed by atoms with Crippen LogP contribution in [0.25, 0.3) is 0 Å². The van der Waals surface area contributed by atoms with Crippen LogP contribution in [-0.4, -0.2) is 13.4 Å². The van der Waals surface area contributed by atoms with Crippen LogP contribution in [0.2, 0.25) is 0 Å². The van der Waals surface area contributed by atoms with Crippen LogP contribution < -0.4 is 10.9 Å². The van der Waals surface area contributed by atoms with Gasteiger partial charge >= 0.3 is 0 Å². The van der Waals surface area contributed by atoms with E-state index in [1.807, 2.05) is 6.07 Å². The highest BCUT2D eigenvalue weighted by Crippen LogP contribution is 2.35. The highest BCUT2D eigenvalue weighted by molar-refractivity contribution is 9.10. The minimum absolute atomic E-state index is 0.00458. The Morgan fingerprint density at radius 1 is 1.26 bits per heavy atom. The van der Waals surface area contributed by atoms with E-state index >= 15 is 0 Å². The van der Waals surface area contributed by atoms with Crippen molar-refractivity contribution in [1.29, 1.82) is 0 Å². The standard InChI is InChI=1S/C11H10BrN3O2S2/c12-8-2-1-5-15-11(8)18-9-4-3-7(13)6-10(9)19(14,16)17/h1-6H,13H2,(H2,14,16,17). The average Bonchev–Trinajstić information content (AvgIpc) is 2.33. The molecule has 0 aliphatic carbocycles. The Labute approximate surface area is 123 Å². The molecule has 2 aromatic rings. The predicted molar refractivity (Wildman–Crippen MR) is 78.3 cm³/mol. The van der Waals surface area contributed by atoms with Gasteiger partial charge in [-0.15, -0.1) is 0 Å². The van der Waals surface area contributed by atoms with Crippen molar-refractivity contribution in [2.24, 2.45) is 5.14 Å². The van der Waals surface area contributed by atoms with Crippen molar-refractivity contribution in [3.05, 3.63) is 41.0 Å². The molecule has 2 rings (SSSR count). The smallest absolute Gasteiger partial charge is 0.239 e. The highest BCUT2D eigenvalue weighted by Gasteiger charge is 2.16. The Morgan fingerprint density at radius 2 is 2.00 bits per heavy atom. The van der Waals surface area contributed by atoms with Gasteiger partial charge in [0.05, 0.1) is 9.37 Å². The van der Waals surface area contributed by atoms with Crippen molar-refractivity contribution in [3.8, 4) is 0 Å². The van der Waals surface area contributed by atoms with Gasteiger partial charge in [0, 0.05) is 16.8 Å². The zero-order valence-electron chi connectivity index (χ0n) is 9.58. The molecular weight excluding hydrogens is 350 g/mol. The van der Waals surface area contributed by atoms with Gasteiger partial charge in [-0.05, 0) is 46.3 Å². The van der Waals surface area contributed by atoms with Crippen LogP contribution in [0.3, 0.4) is 0 Å². The Bertz CT molecular complexity index is 720. The fourth-order valence-electron chi connectivity index (χ4n) is 1.38. The van der Waals surface area contributed by atoms with Gasteiger partial charge in [0.25, 0.3) is 0 Å². The second-order valence-corrected chi connectivity index (χ2v) is 7.06. The Balaban J connectivity index is 2.50. The first-order valence-electron chi connectivity index (χ1n) is 5.08. The molecule has 0 saturated carbocycles. The van der Waals surface area contributed by atoms with E-state index in [1.165, 1.54) is 17.8 Å². The first-order valence-corrected chi connectivity index (χ1v) is 8.24. The molecule has 0 radical (unpaired) electrons. The summed E-state index contributed by atoms with van der Waals surface area (Å²) >= 11 is 4.56. The number of halogens is 1. The molecular formula is C11H10BrN3O2S2. The van der Waals surface area contributed by atoms with Gasteiger partial charge in [-0.2, -0.15) is 0 Å². The third-order valence-corrected chi connectivity index (χ3v) is 5.28. The maximum Gasteiger partial charge on any atom is 0.239 e. The highest BCUT2D eigenvalue weighted by atomic mass is 79.9. The van der Waals surface area contributed by atoms with Crippen LogP contribution in [0.5, 0.6) is 0 Å². The fourth-order valence-corrected chi connectivity index (χ4v) is 3.78. The molecule has 8 heteroatoms. The molecule has 0 spiro atoms. The molecule has 0 bridgehead atoms. The molecule has 0 aliphatic heterocycles. The molecule has 0 fully saturated rings. The lowest BCUT2D eigenvalue weighted by atomic mass is 10.3. The number of aromatic nitrogens is 1. The number of nitrogen functional groups attached to an aromatic ring is 1. The van der Waals surface area contributed by atoms with Crippen molar-refractivity contribution >= 4 is 43.4 Å². The number of pyridine rings is 1. The lowest BCUT2D eigenvalue weighted by Crippen LogP contribution is -2.13.